The number of aryl methyl sites for hydroxylation is 3. The Hall–Kier alpha value is -2.67. The maximum atomic E-state index is 12.2. The molecule has 2 heterocycles. The number of halogens is 2. The van der Waals surface area contributed by atoms with Crippen LogP contribution in [0.5, 0.6) is 5.75 Å². The summed E-state index contributed by atoms with van der Waals surface area (Å²) in [4.78, 5) is 28.3. The van der Waals surface area contributed by atoms with Crippen molar-refractivity contribution in [2.24, 2.45) is 0 Å². The van der Waals surface area contributed by atoms with Crippen LogP contribution in [0.2, 0.25) is 5.02 Å². The molecule has 3 aromatic rings. The Morgan fingerprint density at radius 3 is 2.45 bits per heavy atom. The van der Waals surface area contributed by atoms with Crippen molar-refractivity contribution in [1.29, 1.82) is 0 Å². The first-order valence-corrected chi connectivity index (χ1v) is 11.6. The summed E-state index contributed by atoms with van der Waals surface area (Å²) in [5, 5.41) is 14.2. The predicted octanol–water partition coefficient (Wildman–Crippen LogP) is 2.73. The van der Waals surface area contributed by atoms with Gasteiger partial charge in [0.05, 0.1) is 9.26 Å². The van der Waals surface area contributed by atoms with E-state index in [1.807, 2.05) is 27.7 Å². The van der Waals surface area contributed by atoms with Crippen LogP contribution >= 0.6 is 34.2 Å². The maximum Gasteiger partial charge on any atom is 0.316 e. The highest BCUT2D eigenvalue weighted by molar-refractivity contribution is 14.1. The zero-order valence-electron chi connectivity index (χ0n) is 18.7. The predicted molar refractivity (Wildman–Crippen MR) is 130 cm³/mol. The van der Waals surface area contributed by atoms with Crippen LogP contribution in [0.25, 0.3) is 0 Å². The van der Waals surface area contributed by atoms with Gasteiger partial charge in [-0.05, 0) is 73.5 Å². The summed E-state index contributed by atoms with van der Waals surface area (Å²) in [6, 6.07) is 3.55. The lowest BCUT2D eigenvalue weighted by Gasteiger charge is -2.10. The van der Waals surface area contributed by atoms with Crippen LogP contribution in [0.15, 0.2) is 16.7 Å². The lowest BCUT2D eigenvalue weighted by atomic mass is 10.1. The van der Waals surface area contributed by atoms with E-state index < -0.39 is 5.91 Å². The van der Waals surface area contributed by atoms with Gasteiger partial charge in [0.1, 0.15) is 12.3 Å². The van der Waals surface area contributed by atoms with Crippen LogP contribution < -0.4 is 15.4 Å². The number of benzene rings is 1. The number of carbonyl (C=O) groups excluding carboxylic acids is 2. The second-order valence-corrected chi connectivity index (χ2v) is 8.88. The zero-order valence-corrected chi connectivity index (χ0v) is 21.6. The van der Waals surface area contributed by atoms with Crippen molar-refractivity contribution in [3.8, 4) is 5.75 Å². The Labute approximate surface area is 209 Å². The summed E-state index contributed by atoms with van der Waals surface area (Å²) in [5.74, 6) is -0.0618. The van der Waals surface area contributed by atoms with E-state index in [-0.39, 0.29) is 31.5 Å². The molecule has 2 N–H and O–H groups in total. The number of aromatic nitrogens is 4. The monoisotopic (exact) mass is 586 g/mol. The van der Waals surface area contributed by atoms with Gasteiger partial charge >= 0.3 is 11.8 Å². The topological polar surface area (TPSA) is 124 Å². The number of ether oxygens (including phenoxy) is 1. The molecule has 0 atom stereocenters. The molecule has 0 bridgehead atoms. The molecule has 176 valence electrons. The van der Waals surface area contributed by atoms with Crippen LogP contribution in [0.1, 0.15) is 39.0 Å². The van der Waals surface area contributed by atoms with Crippen molar-refractivity contribution in [3.63, 3.8) is 0 Å². The van der Waals surface area contributed by atoms with E-state index in [0.29, 0.717) is 23.1 Å². The molecule has 0 spiro atoms. The molecular formula is C21H24ClIN6O4. The lowest BCUT2D eigenvalue weighted by Crippen LogP contribution is -2.36. The molecule has 0 aliphatic rings. The van der Waals surface area contributed by atoms with E-state index in [9.17, 15) is 9.59 Å². The van der Waals surface area contributed by atoms with Gasteiger partial charge in [-0.25, -0.2) is 0 Å². The summed E-state index contributed by atoms with van der Waals surface area (Å²) in [6.07, 6.45) is 0. The molecule has 1 aromatic carbocycles. The van der Waals surface area contributed by atoms with Crippen molar-refractivity contribution in [2.45, 2.75) is 34.2 Å². The minimum absolute atomic E-state index is 0.146. The minimum atomic E-state index is -0.519. The molecular weight excluding hydrogens is 563 g/mol. The van der Waals surface area contributed by atoms with Gasteiger partial charge in [0.2, 0.25) is 0 Å². The van der Waals surface area contributed by atoms with Gasteiger partial charge in [-0.3, -0.25) is 14.3 Å². The van der Waals surface area contributed by atoms with E-state index in [1.165, 1.54) is 0 Å². The highest BCUT2D eigenvalue weighted by Gasteiger charge is 2.17. The number of nitrogens with zero attached hydrogens (tertiary/aromatic N) is 4. The smallest absolute Gasteiger partial charge is 0.316 e. The van der Waals surface area contributed by atoms with E-state index in [4.69, 9.17) is 20.9 Å². The number of hydrogen-bond acceptors (Lipinski definition) is 7. The van der Waals surface area contributed by atoms with Crippen molar-refractivity contribution < 1.29 is 18.8 Å². The van der Waals surface area contributed by atoms with Crippen LogP contribution in [0.4, 0.5) is 0 Å². The first-order valence-electron chi connectivity index (χ1n) is 10.1. The Balaban J connectivity index is 1.40. The minimum Gasteiger partial charge on any atom is -0.484 e. The third-order valence-corrected chi connectivity index (χ3v) is 6.92. The third kappa shape index (κ3) is 6.44. The highest BCUT2D eigenvalue weighted by atomic mass is 127. The Morgan fingerprint density at radius 2 is 1.82 bits per heavy atom. The van der Waals surface area contributed by atoms with Gasteiger partial charge in [0, 0.05) is 23.8 Å². The molecule has 10 nitrogen and oxygen atoms in total. The number of amides is 2. The van der Waals surface area contributed by atoms with Gasteiger partial charge in [0.25, 0.3) is 5.91 Å². The van der Waals surface area contributed by atoms with Gasteiger partial charge < -0.3 is 19.9 Å². The normalized spacial score (nSPS) is 10.8. The van der Waals surface area contributed by atoms with Crippen LogP contribution in [-0.4, -0.2) is 51.4 Å². The van der Waals surface area contributed by atoms with Crippen molar-refractivity contribution in [1.82, 2.24) is 30.6 Å². The van der Waals surface area contributed by atoms with Crippen molar-refractivity contribution in [3.05, 3.63) is 55.0 Å². The summed E-state index contributed by atoms with van der Waals surface area (Å²) >= 11 is 8.36. The molecule has 0 saturated carbocycles. The van der Waals surface area contributed by atoms with Crippen LogP contribution in [0.3, 0.4) is 0 Å². The van der Waals surface area contributed by atoms with Crippen LogP contribution in [0, 0.1) is 31.3 Å². The quantitative estimate of drug-likeness (QED) is 0.292. The molecule has 2 amide bonds. The molecule has 33 heavy (non-hydrogen) atoms. The molecule has 0 unspecified atom stereocenters. The first kappa shape index (κ1) is 25.0. The Morgan fingerprint density at radius 1 is 1.15 bits per heavy atom. The second-order valence-electron chi connectivity index (χ2n) is 7.42. The molecule has 0 aliphatic heterocycles. The first-order chi connectivity index (χ1) is 15.7. The fourth-order valence-corrected chi connectivity index (χ4v) is 3.51. The average molecular weight is 587 g/mol. The molecule has 0 saturated heterocycles. The van der Waals surface area contributed by atoms with Gasteiger partial charge in [-0.15, -0.1) is 0 Å². The molecule has 0 radical (unpaired) electrons. The molecule has 12 heteroatoms. The third-order valence-electron chi connectivity index (χ3n) is 4.76. The number of rotatable bonds is 9. The number of nitrogens with one attached hydrogen (secondary N) is 2. The Kier molecular flexibility index (Phi) is 8.30. The highest BCUT2D eigenvalue weighted by Crippen LogP contribution is 2.25. The van der Waals surface area contributed by atoms with E-state index in [0.717, 1.165) is 26.1 Å². The summed E-state index contributed by atoms with van der Waals surface area (Å²) in [7, 11) is 0. The van der Waals surface area contributed by atoms with E-state index in [2.05, 4.69) is 48.5 Å². The SMILES string of the molecule is Cc1cc(OCC(=O)NCCNC(=O)c2nc(Cn3nc(C)c(I)c3C)no2)cc(C)c1Cl. The largest absolute Gasteiger partial charge is 0.484 e. The molecule has 0 aliphatic carbocycles. The number of hydrogen-bond donors (Lipinski definition) is 2. The van der Waals surface area contributed by atoms with E-state index >= 15 is 0 Å². The maximum absolute atomic E-state index is 12.2. The molecule has 3 rings (SSSR count). The lowest BCUT2D eigenvalue weighted by molar-refractivity contribution is -0.123. The van der Waals surface area contributed by atoms with Crippen molar-refractivity contribution >= 4 is 46.0 Å². The van der Waals surface area contributed by atoms with Crippen LogP contribution in [-0.2, 0) is 11.3 Å². The number of carbonyl (C=O) groups is 2. The molecule has 2 aromatic heterocycles. The Bertz CT molecular complexity index is 1150. The summed E-state index contributed by atoms with van der Waals surface area (Å²) in [5.41, 5.74) is 3.66. The van der Waals surface area contributed by atoms with E-state index in [1.54, 1.807) is 16.8 Å². The fourth-order valence-electron chi connectivity index (χ4n) is 3.02. The van der Waals surface area contributed by atoms with Gasteiger partial charge in [-0.1, -0.05) is 16.8 Å². The van der Waals surface area contributed by atoms with Crippen molar-refractivity contribution in [2.75, 3.05) is 19.7 Å². The summed E-state index contributed by atoms with van der Waals surface area (Å²) < 4.78 is 13.4. The van der Waals surface area contributed by atoms with Gasteiger partial charge in [-0.2, -0.15) is 10.1 Å². The fraction of sp³-hybridized carbons (Fsp3) is 0.381. The molecule has 0 fully saturated rings. The standard InChI is InChI=1S/C21H24ClIN6O4/c1-11-7-15(8-12(2)18(11)22)32-10-17(30)24-5-6-25-20(31)21-26-16(28-33-21)9-29-14(4)19(23)13(3)27-29/h7-8H,5-6,9-10H2,1-4H3,(H,24,30)(H,25,31). The summed E-state index contributed by atoms with van der Waals surface area (Å²) in [6.45, 7) is 8.18. The zero-order chi connectivity index (χ0) is 24.1. The average Bonchev–Trinajstić information content (AvgIpc) is 3.34. The second kappa shape index (κ2) is 11.0. The van der Waals surface area contributed by atoms with Gasteiger partial charge in [0.15, 0.2) is 12.4 Å².